The molecule has 2 fully saturated rings. The van der Waals surface area contributed by atoms with Gasteiger partial charge in [-0.2, -0.15) is 10.2 Å². The Labute approximate surface area is 144 Å². The van der Waals surface area contributed by atoms with E-state index in [0.717, 1.165) is 58.8 Å². The molecular weight excluding hydrogens is 304 g/mol. The highest BCUT2D eigenvalue weighted by molar-refractivity contribution is 5.76. The van der Waals surface area contributed by atoms with E-state index in [1.165, 1.54) is 6.42 Å². The zero-order valence-corrected chi connectivity index (χ0v) is 14.5. The summed E-state index contributed by atoms with van der Waals surface area (Å²) in [4.78, 5) is 17.1. The van der Waals surface area contributed by atoms with Crippen molar-refractivity contribution < 1.29 is 9.53 Å². The number of piperidine rings is 1. The molecule has 0 spiro atoms. The fourth-order valence-electron chi connectivity index (χ4n) is 3.72. The van der Waals surface area contributed by atoms with Gasteiger partial charge in [-0.1, -0.05) is 0 Å². The summed E-state index contributed by atoms with van der Waals surface area (Å²) in [5.74, 6) is 3.47. The van der Waals surface area contributed by atoms with Gasteiger partial charge in [0.05, 0.1) is 13.2 Å². The maximum atomic E-state index is 12.6. The first-order chi connectivity index (χ1) is 11.7. The third kappa shape index (κ3) is 4.78. The lowest BCUT2D eigenvalue weighted by Crippen LogP contribution is -2.46. The maximum absolute atomic E-state index is 12.6. The van der Waals surface area contributed by atoms with Crippen LogP contribution >= 0.6 is 0 Å². The van der Waals surface area contributed by atoms with Gasteiger partial charge in [0.15, 0.2) is 5.66 Å². The average Bonchev–Trinajstić information content (AvgIpc) is 3.39. The second-order valence-electron chi connectivity index (χ2n) is 7.15. The summed E-state index contributed by atoms with van der Waals surface area (Å²) >= 11 is 0. The Kier molecular flexibility index (Phi) is 5.85. The van der Waals surface area contributed by atoms with Crippen LogP contribution in [-0.4, -0.2) is 67.3 Å². The minimum absolute atomic E-state index is 0.249. The number of morpholine rings is 1. The lowest BCUT2D eigenvalue weighted by atomic mass is 9.96. The van der Waals surface area contributed by atoms with Crippen molar-refractivity contribution >= 4 is 5.91 Å². The molecule has 3 aliphatic heterocycles. The van der Waals surface area contributed by atoms with Gasteiger partial charge >= 0.3 is 0 Å². The Morgan fingerprint density at radius 2 is 2.04 bits per heavy atom. The predicted molar refractivity (Wildman–Crippen MR) is 91.5 cm³/mol. The van der Waals surface area contributed by atoms with E-state index in [1.807, 2.05) is 4.90 Å². The molecule has 0 aromatic carbocycles. The summed E-state index contributed by atoms with van der Waals surface area (Å²) in [6, 6.07) is 0. The Bertz CT molecular complexity index is 502. The molecule has 0 N–H and O–H groups in total. The molecule has 132 valence electrons. The Morgan fingerprint density at radius 3 is 2.75 bits per heavy atom. The number of likely N-dealkylation sites (tertiary alicyclic amines) is 1. The van der Waals surface area contributed by atoms with Crippen molar-refractivity contribution in [2.75, 3.05) is 45.9 Å². The van der Waals surface area contributed by atoms with Crippen molar-refractivity contribution in [3.63, 3.8) is 0 Å². The quantitative estimate of drug-likeness (QED) is 0.669. The van der Waals surface area contributed by atoms with E-state index in [9.17, 15) is 4.79 Å². The number of carbonyl (C=O) groups excluding carboxylic acids is 1. The minimum Gasteiger partial charge on any atom is -0.379 e. The van der Waals surface area contributed by atoms with Crippen molar-refractivity contribution in [3.05, 3.63) is 0 Å². The van der Waals surface area contributed by atoms with Crippen LogP contribution in [0.5, 0.6) is 0 Å². The fourth-order valence-corrected chi connectivity index (χ4v) is 3.72. The second kappa shape index (κ2) is 8.09. The van der Waals surface area contributed by atoms with Crippen molar-refractivity contribution in [2.45, 2.75) is 44.2 Å². The van der Waals surface area contributed by atoms with Crippen molar-refractivity contribution in [1.29, 1.82) is 0 Å². The molecule has 0 aromatic rings. The maximum Gasteiger partial charge on any atom is 0.222 e. The lowest BCUT2D eigenvalue weighted by Gasteiger charge is -2.37. The average molecular weight is 332 g/mol. The topological polar surface area (TPSA) is 57.5 Å². The number of hydrogen-bond donors (Lipinski definition) is 0. The first-order valence-corrected chi connectivity index (χ1v) is 9.16. The standard InChI is InChI=1S/C18H28N4O2/c1-2-3-7-18(19-20-18)8-6-17(23)22-9-4-5-16(15-22)14-21-10-12-24-13-11-21/h1,16H,3-15H2. The van der Waals surface area contributed by atoms with Crippen LogP contribution in [0.4, 0.5) is 0 Å². The van der Waals surface area contributed by atoms with Crippen LogP contribution in [0.2, 0.25) is 0 Å². The third-order valence-electron chi connectivity index (χ3n) is 5.28. The van der Waals surface area contributed by atoms with Gasteiger partial charge in [0.1, 0.15) is 0 Å². The van der Waals surface area contributed by atoms with Crippen molar-refractivity contribution in [2.24, 2.45) is 16.1 Å². The fraction of sp³-hybridized carbons (Fsp3) is 0.833. The van der Waals surface area contributed by atoms with Crippen LogP contribution < -0.4 is 0 Å². The summed E-state index contributed by atoms with van der Waals surface area (Å²) in [6.45, 7) is 6.58. The van der Waals surface area contributed by atoms with Crippen molar-refractivity contribution in [3.8, 4) is 12.3 Å². The lowest BCUT2D eigenvalue weighted by molar-refractivity contribution is -0.133. The summed E-state index contributed by atoms with van der Waals surface area (Å²) in [6.07, 6.45) is 10.3. The van der Waals surface area contributed by atoms with E-state index in [-0.39, 0.29) is 11.6 Å². The second-order valence-corrected chi connectivity index (χ2v) is 7.15. The van der Waals surface area contributed by atoms with Gasteiger partial charge in [0.2, 0.25) is 5.91 Å². The highest BCUT2D eigenvalue weighted by atomic mass is 16.5. The molecular formula is C18H28N4O2. The van der Waals surface area contributed by atoms with Crippen molar-refractivity contribution in [1.82, 2.24) is 9.80 Å². The van der Waals surface area contributed by atoms with Crippen LogP contribution in [0.15, 0.2) is 10.2 Å². The molecule has 0 aliphatic carbocycles. The van der Waals surface area contributed by atoms with Gasteiger partial charge in [-0.25, -0.2) is 0 Å². The smallest absolute Gasteiger partial charge is 0.222 e. The molecule has 6 heteroatoms. The van der Waals surface area contributed by atoms with Gasteiger partial charge in [-0.15, -0.1) is 12.3 Å². The number of amides is 1. The normalized spacial score (nSPS) is 26.1. The molecule has 3 aliphatic rings. The monoisotopic (exact) mass is 332 g/mol. The zero-order chi connectivity index (χ0) is 16.8. The summed E-state index contributed by atoms with van der Waals surface area (Å²) < 4.78 is 5.41. The predicted octanol–water partition coefficient (Wildman–Crippen LogP) is 1.91. The molecule has 1 unspecified atom stereocenters. The highest BCUT2D eigenvalue weighted by Crippen LogP contribution is 2.37. The Morgan fingerprint density at radius 1 is 1.25 bits per heavy atom. The van der Waals surface area contributed by atoms with Crippen LogP contribution in [0, 0.1) is 18.3 Å². The van der Waals surface area contributed by atoms with E-state index >= 15 is 0 Å². The van der Waals surface area contributed by atoms with Gasteiger partial charge in [-0.3, -0.25) is 9.69 Å². The first kappa shape index (κ1) is 17.4. The van der Waals surface area contributed by atoms with Gasteiger partial charge in [0.25, 0.3) is 0 Å². The molecule has 6 nitrogen and oxygen atoms in total. The van der Waals surface area contributed by atoms with E-state index in [2.05, 4.69) is 21.0 Å². The van der Waals surface area contributed by atoms with Gasteiger partial charge in [0, 0.05) is 58.4 Å². The van der Waals surface area contributed by atoms with Gasteiger partial charge < -0.3 is 9.64 Å². The Balaban J connectivity index is 1.40. The molecule has 1 amide bonds. The molecule has 0 bridgehead atoms. The molecule has 3 rings (SSSR count). The third-order valence-corrected chi connectivity index (χ3v) is 5.28. The highest BCUT2D eigenvalue weighted by Gasteiger charge is 2.39. The largest absolute Gasteiger partial charge is 0.379 e. The number of hydrogen-bond acceptors (Lipinski definition) is 5. The number of carbonyl (C=O) groups is 1. The van der Waals surface area contributed by atoms with Gasteiger partial charge in [-0.05, 0) is 18.8 Å². The number of ether oxygens (including phenoxy) is 1. The van der Waals surface area contributed by atoms with E-state index in [1.54, 1.807) is 0 Å². The number of nitrogens with zero attached hydrogens (tertiary/aromatic N) is 4. The van der Waals surface area contributed by atoms with Crippen LogP contribution in [0.25, 0.3) is 0 Å². The SMILES string of the molecule is C#CCCC1(CCC(=O)N2CCCC(CN3CCOCC3)C2)N=N1. The molecule has 3 heterocycles. The summed E-state index contributed by atoms with van der Waals surface area (Å²) in [5.41, 5.74) is -0.342. The van der Waals surface area contributed by atoms with Crippen LogP contribution in [0.3, 0.4) is 0 Å². The molecule has 0 saturated carbocycles. The number of rotatable bonds is 7. The van der Waals surface area contributed by atoms with Crippen LogP contribution in [0.1, 0.15) is 38.5 Å². The first-order valence-electron chi connectivity index (χ1n) is 9.16. The van der Waals surface area contributed by atoms with E-state index < -0.39 is 0 Å². The summed E-state index contributed by atoms with van der Waals surface area (Å²) in [5, 5.41) is 8.24. The molecule has 0 aromatic heterocycles. The Hall–Kier alpha value is -1.45. The van der Waals surface area contributed by atoms with Crippen LogP contribution in [-0.2, 0) is 9.53 Å². The minimum atomic E-state index is -0.342. The number of terminal acetylenes is 1. The molecule has 2 saturated heterocycles. The zero-order valence-electron chi connectivity index (χ0n) is 14.5. The van der Waals surface area contributed by atoms with E-state index in [0.29, 0.717) is 25.2 Å². The summed E-state index contributed by atoms with van der Waals surface area (Å²) in [7, 11) is 0. The van der Waals surface area contributed by atoms with E-state index in [4.69, 9.17) is 11.2 Å². The molecule has 0 radical (unpaired) electrons. The molecule has 1 atom stereocenters. The molecule has 24 heavy (non-hydrogen) atoms.